The maximum Gasteiger partial charge on any atom is 0.274 e. The number of nitrogens with zero attached hydrogens (tertiary/aromatic N) is 2. The maximum absolute atomic E-state index is 12.6. The van der Waals surface area contributed by atoms with Gasteiger partial charge in [0.25, 0.3) is 5.56 Å². The standard InChI is InChI=1S/C17H23N3O/c1-2-18-16(13-7-3-4-8-13)12-20-17(21)15-10-6-5-9-14(15)11-19-20/h5-6,9-11,13,16,18H,2-4,7-8,12H2,1H3. The highest BCUT2D eigenvalue weighted by Crippen LogP contribution is 2.28. The molecule has 1 heterocycles. The summed E-state index contributed by atoms with van der Waals surface area (Å²) >= 11 is 0. The van der Waals surface area contributed by atoms with E-state index >= 15 is 0 Å². The first-order chi connectivity index (χ1) is 10.3. The van der Waals surface area contributed by atoms with Crippen molar-refractivity contribution in [3.8, 4) is 0 Å². The van der Waals surface area contributed by atoms with Crippen molar-refractivity contribution in [3.05, 3.63) is 40.8 Å². The van der Waals surface area contributed by atoms with E-state index < -0.39 is 0 Å². The van der Waals surface area contributed by atoms with E-state index in [1.807, 2.05) is 24.3 Å². The molecule has 1 atom stereocenters. The van der Waals surface area contributed by atoms with Crippen LogP contribution in [-0.4, -0.2) is 22.4 Å². The second-order valence-corrected chi connectivity index (χ2v) is 5.93. The van der Waals surface area contributed by atoms with Crippen LogP contribution in [0.1, 0.15) is 32.6 Å². The van der Waals surface area contributed by atoms with Gasteiger partial charge in [0.05, 0.1) is 18.1 Å². The quantitative estimate of drug-likeness (QED) is 0.918. The molecule has 0 spiro atoms. The van der Waals surface area contributed by atoms with E-state index in [0.29, 0.717) is 18.5 Å². The lowest BCUT2D eigenvalue weighted by molar-refractivity contribution is 0.312. The average Bonchev–Trinajstić information content (AvgIpc) is 3.04. The van der Waals surface area contributed by atoms with Gasteiger partial charge in [0.1, 0.15) is 0 Å². The Bertz CT molecular complexity index is 658. The number of fused-ring (bicyclic) bond motifs is 1. The molecule has 1 aliphatic carbocycles. The largest absolute Gasteiger partial charge is 0.312 e. The lowest BCUT2D eigenvalue weighted by Crippen LogP contribution is -2.41. The van der Waals surface area contributed by atoms with E-state index in [1.54, 1.807) is 10.9 Å². The van der Waals surface area contributed by atoms with Crippen LogP contribution in [0.5, 0.6) is 0 Å². The van der Waals surface area contributed by atoms with Crippen LogP contribution in [0.15, 0.2) is 35.3 Å². The Morgan fingerprint density at radius 2 is 2.10 bits per heavy atom. The summed E-state index contributed by atoms with van der Waals surface area (Å²) in [5.74, 6) is 0.671. The SMILES string of the molecule is CCNC(Cn1ncc2ccccc2c1=O)C1CCCC1. The van der Waals surface area contributed by atoms with Crippen molar-refractivity contribution in [1.82, 2.24) is 15.1 Å². The van der Waals surface area contributed by atoms with Gasteiger partial charge in [-0.1, -0.05) is 38.0 Å². The first kappa shape index (κ1) is 14.3. The molecule has 112 valence electrons. The molecule has 0 amide bonds. The predicted molar refractivity (Wildman–Crippen MR) is 85.4 cm³/mol. The fraction of sp³-hybridized carbons (Fsp3) is 0.529. The summed E-state index contributed by atoms with van der Waals surface area (Å²) in [6.45, 7) is 3.73. The van der Waals surface area contributed by atoms with Crippen LogP contribution < -0.4 is 10.9 Å². The Balaban J connectivity index is 1.88. The molecular weight excluding hydrogens is 262 g/mol. The highest BCUT2D eigenvalue weighted by molar-refractivity contribution is 5.80. The molecule has 2 aromatic rings. The minimum Gasteiger partial charge on any atom is -0.312 e. The number of hydrogen-bond acceptors (Lipinski definition) is 3. The van der Waals surface area contributed by atoms with Crippen LogP contribution in [0.25, 0.3) is 10.8 Å². The second kappa shape index (κ2) is 6.39. The summed E-state index contributed by atoms with van der Waals surface area (Å²) in [7, 11) is 0. The van der Waals surface area contributed by atoms with E-state index in [1.165, 1.54) is 25.7 Å². The monoisotopic (exact) mass is 285 g/mol. The number of nitrogens with one attached hydrogen (secondary N) is 1. The van der Waals surface area contributed by atoms with Gasteiger partial charge >= 0.3 is 0 Å². The zero-order valence-corrected chi connectivity index (χ0v) is 12.6. The van der Waals surface area contributed by atoms with Crippen molar-refractivity contribution in [2.45, 2.75) is 45.2 Å². The maximum atomic E-state index is 12.6. The minimum absolute atomic E-state index is 0.0222. The van der Waals surface area contributed by atoms with Crippen molar-refractivity contribution in [2.24, 2.45) is 5.92 Å². The number of aromatic nitrogens is 2. The Kier molecular flexibility index (Phi) is 4.34. The molecule has 1 fully saturated rings. The Morgan fingerprint density at radius 3 is 2.86 bits per heavy atom. The highest BCUT2D eigenvalue weighted by Gasteiger charge is 2.25. The molecule has 1 N–H and O–H groups in total. The molecule has 1 aromatic heterocycles. The molecular formula is C17H23N3O. The number of rotatable bonds is 5. The zero-order chi connectivity index (χ0) is 14.7. The fourth-order valence-electron chi connectivity index (χ4n) is 3.45. The second-order valence-electron chi connectivity index (χ2n) is 5.93. The van der Waals surface area contributed by atoms with Gasteiger partial charge in [0.2, 0.25) is 0 Å². The predicted octanol–water partition coefficient (Wildman–Crippen LogP) is 2.56. The van der Waals surface area contributed by atoms with E-state index in [4.69, 9.17) is 0 Å². The summed E-state index contributed by atoms with van der Waals surface area (Å²) in [6, 6.07) is 8.02. The first-order valence-corrected chi connectivity index (χ1v) is 7.98. The van der Waals surface area contributed by atoms with Gasteiger partial charge in [-0.05, 0) is 31.4 Å². The number of likely N-dealkylation sites (N-methyl/N-ethyl adjacent to an activating group) is 1. The summed E-state index contributed by atoms with van der Waals surface area (Å²) in [4.78, 5) is 12.6. The summed E-state index contributed by atoms with van der Waals surface area (Å²) in [5, 5.41) is 9.59. The molecule has 1 aromatic carbocycles. The van der Waals surface area contributed by atoms with Gasteiger partial charge in [-0.2, -0.15) is 5.10 Å². The van der Waals surface area contributed by atoms with E-state index in [2.05, 4.69) is 17.3 Å². The van der Waals surface area contributed by atoms with Crippen molar-refractivity contribution >= 4 is 10.8 Å². The fourth-order valence-corrected chi connectivity index (χ4v) is 3.45. The topological polar surface area (TPSA) is 46.9 Å². The molecule has 1 aliphatic rings. The lowest BCUT2D eigenvalue weighted by Gasteiger charge is -2.24. The lowest BCUT2D eigenvalue weighted by atomic mass is 9.98. The number of hydrogen-bond donors (Lipinski definition) is 1. The third kappa shape index (κ3) is 3.00. The smallest absolute Gasteiger partial charge is 0.274 e. The third-order valence-electron chi connectivity index (χ3n) is 4.57. The van der Waals surface area contributed by atoms with Gasteiger partial charge in [-0.25, -0.2) is 4.68 Å². The molecule has 4 nitrogen and oxygen atoms in total. The molecule has 3 rings (SSSR count). The summed E-state index contributed by atoms with van der Waals surface area (Å²) < 4.78 is 1.63. The van der Waals surface area contributed by atoms with Crippen LogP contribution in [0, 0.1) is 5.92 Å². The van der Waals surface area contributed by atoms with Crippen LogP contribution >= 0.6 is 0 Å². The van der Waals surface area contributed by atoms with Crippen molar-refractivity contribution in [3.63, 3.8) is 0 Å². The molecule has 4 heteroatoms. The highest BCUT2D eigenvalue weighted by atomic mass is 16.1. The molecule has 21 heavy (non-hydrogen) atoms. The van der Waals surface area contributed by atoms with E-state index in [-0.39, 0.29) is 5.56 Å². The van der Waals surface area contributed by atoms with Crippen LogP contribution in [0.3, 0.4) is 0 Å². The van der Waals surface area contributed by atoms with E-state index in [0.717, 1.165) is 17.3 Å². The molecule has 1 unspecified atom stereocenters. The first-order valence-electron chi connectivity index (χ1n) is 7.98. The van der Waals surface area contributed by atoms with Crippen LogP contribution in [0.2, 0.25) is 0 Å². The Morgan fingerprint density at radius 1 is 1.33 bits per heavy atom. The Hall–Kier alpha value is -1.68. The van der Waals surface area contributed by atoms with Crippen molar-refractivity contribution in [2.75, 3.05) is 6.54 Å². The Labute approximate surface area is 125 Å². The molecule has 0 radical (unpaired) electrons. The average molecular weight is 285 g/mol. The van der Waals surface area contributed by atoms with Gasteiger partial charge in [0.15, 0.2) is 0 Å². The van der Waals surface area contributed by atoms with E-state index in [9.17, 15) is 4.79 Å². The van der Waals surface area contributed by atoms with Crippen LogP contribution in [-0.2, 0) is 6.54 Å². The molecule has 0 aliphatic heterocycles. The molecule has 1 saturated carbocycles. The molecule has 0 bridgehead atoms. The normalized spacial score (nSPS) is 17.4. The van der Waals surface area contributed by atoms with Crippen LogP contribution in [0.4, 0.5) is 0 Å². The van der Waals surface area contributed by atoms with Gasteiger partial charge < -0.3 is 5.32 Å². The van der Waals surface area contributed by atoms with Crippen molar-refractivity contribution < 1.29 is 0 Å². The molecule has 0 saturated heterocycles. The summed E-state index contributed by atoms with van der Waals surface area (Å²) in [6.07, 6.45) is 6.95. The minimum atomic E-state index is 0.0222. The van der Waals surface area contributed by atoms with Gasteiger partial charge in [-0.15, -0.1) is 0 Å². The van der Waals surface area contributed by atoms with Gasteiger partial charge in [0, 0.05) is 11.4 Å². The third-order valence-corrected chi connectivity index (χ3v) is 4.57. The summed E-state index contributed by atoms with van der Waals surface area (Å²) in [5.41, 5.74) is 0.0222. The van der Waals surface area contributed by atoms with Crippen molar-refractivity contribution in [1.29, 1.82) is 0 Å². The zero-order valence-electron chi connectivity index (χ0n) is 12.6. The number of benzene rings is 1. The van der Waals surface area contributed by atoms with Gasteiger partial charge in [-0.3, -0.25) is 4.79 Å².